The highest BCUT2D eigenvalue weighted by atomic mass is 16.5. The number of ether oxygens (including phenoxy) is 1. The average Bonchev–Trinajstić information content (AvgIpc) is 2.91. The molecule has 1 fully saturated rings. The second kappa shape index (κ2) is 5.83. The van der Waals surface area contributed by atoms with Crippen LogP contribution in [0.3, 0.4) is 0 Å². The second-order valence-corrected chi connectivity index (χ2v) is 5.59. The lowest BCUT2D eigenvalue weighted by atomic mass is 9.94. The summed E-state index contributed by atoms with van der Waals surface area (Å²) in [7, 11) is 0. The maximum absolute atomic E-state index is 12.8. The van der Waals surface area contributed by atoms with Crippen LogP contribution >= 0.6 is 0 Å². The third kappa shape index (κ3) is 2.40. The Balaban J connectivity index is 1.78. The summed E-state index contributed by atoms with van der Waals surface area (Å²) in [6.07, 6.45) is 3.89. The SMILES string of the molecule is O=C(C1COc2ccccc21)N1CCCCC1CCO. The Morgan fingerprint density at radius 1 is 1.35 bits per heavy atom. The van der Waals surface area contributed by atoms with Crippen LogP contribution < -0.4 is 4.74 Å². The van der Waals surface area contributed by atoms with E-state index in [2.05, 4.69) is 0 Å². The standard InChI is InChI=1S/C16H21NO3/c18-10-8-12-5-3-4-9-17(12)16(19)14-11-20-15-7-2-1-6-13(14)15/h1-2,6-7,12,14,18H,3-5,8-11H2. The Labute approximate surface area is 119 Å². The topological polar surface area (TPSA) is 49.8 Å². The molecule has 0 radical (unpaired) electrons. The number of carbonyl (C=O) groups is 1. The van der Waals surface area contributed by atoms with Gasteiger partial charge in [0.25, 0.3) is 0 Å². The molecule has 0 bridgehead atoms. The zero-order chi connectivity index (χ0) is 13.9. The van der Waals surface area contributed by atoms with Crippen LogP contribution in [0.5, 0.6) is 5.75 Å². The molecule has 0 saturated carbocycles. The quantitative estimate of drug-likeness (QED) is 0.917. The fourth-order valence-corrected chi connectivity index (χ4v) is 3.31. The Morgan fingerprint density at radius 2 is 2.20 bits per heavy atom. The third-order valence-corrected chi connectivity index (χ3v) is 4.37. The monoisotopic (exact) mass is 275 g/mol. The van der Waals surface area contributed by atoms with Crippen molar-refractivity contribution in [2.45, 2.75) is 37.6 Å². The molecule has 108 valence electrons. The fourth-order valence-electron chi connectivity index (χ4n) is 3.31. The van der Waals surface area contributed by atoms with Gasteiger partial charge in [-0.25, -0.2) is 0 Å². The number of amides is 1. The van der Waals surface area contributed by atoms with E-state index in [0.29, 0.717) is 13.0 Å². The van der Waals surface area contributed by atoms with Crippen LogP contribution in [0.4, 0.5) is 0 Å². The fraction of sp³-hybridized carbons (Fsp3) is 0.562. The molecule has 1 saturated heterocycles. The smallest absolute Gasteiger partial charge is 0.233 e. The highest BCUT2D eigenvalue weighted by molar-refractivity contribution is 5.86. The van der Waals surface area contributed by atoms with Crippen LogP contribution in [0, 0.1) is 0 Å². The van der Waals surface area contributed by atoms with Gasteiger partial charge in [0, 0.05) is 24.8 Å². The molecular weight excluding hydrogens is 254 g/mol. The molecule has 3 rings (SSSR count). The van der Waals surface area contributed by atoms with E-state index in [9.17, 15) is 9.90 Å². The minimum Gasteiger partial charge on any atom is -0.492 e. The van der Waals surface area contributed by atoms with Crippen molar-refractivity contribution in [1.82, 2.24) is 4.90 Å². The number of carbonyl (C=O) groups excluding carboxylic acids is 1. The van der Waals surface area contributed by atoms with Crippen LogP contribution in [0.15, 0.2) is 24.3 Å². The number of fused-ring (bicyclic) bond motifs is 1. The van der Waals surface area contributed by atoms with Crippen molar-refractivity contribution in [3.8, 4) is 5.75 Å². The molecule has 20 heavy (non-hydrogen) atoms. The molecule has 2 atom stereocenters. The van der Waals surface area contributed by atoms with Crippen LogP contribution in [0.2, 0.25) is 0 Å². The molecule has 2 aliphatic rings. The predicted molar refractivity (Wildman–Crippen MR) is 75.7 cm³/mol. The number of likely N-dealkylation sites (tertiary alicyclic amines) is 1. The first-order chi connectivity index (χ1) is 9.81. The molecule has 1 aromatic rings. The van der Waals surface area contributed by atoms with Crippen molar-refractivity contribution in [3.63, 3.8) is 0 Å². The Bertz CT molecular complexity index is 486. The van der Waals surface area contributed by atoms with Crippen molar-refractivity contribution in [3.05, 3.63) is 29.8 Å². The molecule has 1 aromatic carbocycles. The van der Waals surface area contributed by atoms with Gasteiger partial charge in [-0.15, -0.1) is 0 Å². The van der Waals surface area contributed by atoms with E-state index in [1.54, 1.807) is 0 Å². The number of para-hydroxylation sites is 1. The van der Waals surface area contributed by atoms with Gasteiger partial charge < -0.3 is 14.7 Å². The largest absolute Gasteiger partial charge is 0.492 e. The molecule has 2 heterocycles. The molecule has 4 heteroatoms. The normalized spacial score (nSPS) is 25.1. The van der Waals surface area contributed by atoms with Gasteiger partial charge in [-0.1, -0.05) is 18.2 Å². The van der Waals surface area contributed by atoms with E-state index < -0.39 is 0 Å². The first-order valence-electron chi connectivity index (χ1n) is 7.44. The number of piperidine rings is 1. The van der Waals surface area contributed by atoms with Gasteiger partial charge in [-0.05, 0) is 31.7 Å². The van der Waals surface area contributed by atoms with Crippen LogP contribution in [0.1, 0.15) is 37.2 Å². The lowest BCUT2D eigenvalue weighted by molar-refractivity contribution is -0.137. The Hall–Kier alpha value is -1.55. The summed E-state index contributed by atoms with van der Waals surface area (Å²) in [5.41, 5.74) is 1.01. The molecule has 0 aliphatic carbocycles. The molecule has 1 N–H and O–H groups in total. The Kier molecular flexibility index (Phi) is 3.92. The van der Waals surface area contributed by atoms with Gasteiger partial charge >= 0.3 is 0 Å². The maximum atomic E-state index is 12.8. The number of benzene rings is 1. The molecule has 0 aromatic heterocycles. The van der Waals surface area contributed by atoms with Crippen molar-refractivity contribution in [2.75, 3.05) is 19.8 Å². The number of aliphatic hydroxyl groups is 1. The van der Waals surface area contributed by atoms with E-state index >= 15 is 0 Å². The first-order valence-corrected chi connectivity index (χ1v) is 7.44. The summed E-state index contributed by atoms with van der Waals surface area (Å²) in [6, 6.07) is 7.98. The third-order valence-electron chi connectivity index (χ3n) is 4.37. The van der Waals surface area contributed by atoms with Crippen molar-refractivity contribution in [2.24, 2.45) is 0 Å². The summed E-state index contributed by atoms with van der Waals surface area (Å²) in [5, 5.41) is 9.18. The molecule has 0 spiro atoms. The molecular formula is C16H21NO3. The zero-order valence-corrected chi connectivity index (χ0v) is 11.6. The average molecular weight is 275 g/mol. The lowest BCUT2D eigenvalue weighted by Crippen LogP contribution is -2.46. The number of hydrogen-bond acceptors (Lipinski definition) is 3. The number of aliphatic hydroxyl groups excluding tert-OH is 1. The van der Waals surface area contributed by atoms with Crippen LogP contribution in [-0.2, 0) is 4.79 Å². The summed E-state index contributed by atoms with van der Waals surface area (Å²) < 4.78 is 5.62. The van der Waals surface area contributed by atoms with Crippen molar-refractivity contribution >= 4 is 5.91 Å². The second-order valence-electron chi connectivity index (χ2n) is 5.59. The maximum Gasteiger partial charge on any atom is 0.233 e. The minimum absolute atomic E-state index is 0.145. The van der Waals surface area contributed by atoms with E-state index in [0.717, 1.165) is 37.1 Å². The number of rotatable bonds is 3. The molecule has 2 aliphatic heterocycles. The zero-order valence-electron chi connectivity index (χ0n) is 11.6. The lowest BCUT2D eigenvalue weighted by Gasteiger charge is -2.37. The summed E-state index contributed by atoms with van der Waals surface area (Å²) in [5.74, 6) is 0.820. The van der Waals surface area contributed by atoms with Gasteiger partial charge in [-0.3, -0.25) is 4.79 Å². The van der Waals surface area contributed by atoms with Gasteiger partial charge in [0.15, 0.2) is 0 Å². The van der Waals surface area contributed by atoms with Crippen molar-refractivity contribution < 1.29 is 14.6 Å². The van der Waals surface area contributed by atoms with E-state index in [4.69, 9.17) is 4.74 Å². The Morgan fingerprint density at radius 3 is 3.05 bits per heavy atom. The highest BCUT2D eigenvalue weighted by Crippen LogP contribution is 2.36. The van der Waals surface area contributed by atoms with Gasteiger partial charge in [0.05, 0.1) is 0 Å². The highest BCUT2D eigenvalue weighted by Gasteiger charge is 2.36. The van der Waals surface area contributed by atoms with E-state index in [-0.39, 0.29) is 24.5 Å². The van der Waals surface area contributed by atoms with Crippen LogP contribution in [0.25, 0.3) is 0 Å². The summed E-state index contributed by atoms with van der Waals surface area (Å²) in [4.78, 5) is 14.8. The number of hydrogen-bond donors (Lipinski definition) is 1. The van der Waals surface area contributed by atoms with Crippen molar-refractivity contribution in [1.29, 1.82) is 0 Å². The van der Waals surface area contributed by atoms with Crippen LogP contribution in [-0.4, -0.2) is 41.7 Å². The summed E-state index contributed by atoms with van der Waals surface area (Å²) >= 11 is 0. The van der Waals surface area contributed by atoms with Gasteiger partial charge in [0.1, 0.15) is 18.3 Å². The predicted octanol–water partition coefficient (Wildman–Crippen LogP) is 1.93. The molecule has 1 amide bonds. The minimum atomic E-state index is -0.175. The molecule has 4 nitrogen and oxygen atoms in total. The van der Waals surface area contributed by atoms with Gasteiger partial charge in [0.2, 0.25) is 5.91 Å². The molecule has 2 unspecified atom stereocenters. The van der Waals surface area contributed by atoms with E-state index in [1.165, 1.54) is 0 Å². The van der Waals surface area contributed by atoms with E-state index in [1.807, 2.05) is 29.2 Å². The van der Waals surface area contributed by atoms with Gasteiger partial charge in [-0.2, -0.15) is 0 Å². The first kappa shape index (κ1) is 13.4. The number of nitrogens with zero attached hydrogens (tertiary/aromatic N) is 1. The summed E-state index contributed by atoms with van der Waals surface area (Å²) in [6.45, 7) is 1.40.